The fourth-order valence-electron chi connectivity index (χ4n) is 3.57. The van der Waals surface area contributed by atoms with Crippen molar-refractivity contribution >= 4 is 34.9 Å². The molecule has 0 bridgehead atoms. The van der Waals surface area contributed by atoms with Crippen molar-refractivity contribution in [2.45, 2.75) is 26.5 Å². The fraction of sp³-hybridized carbons (Fsp3) is 0.238. The van der Waals surface area contributed by atoms with Gasteiger partial charge in [0.05, 0.1) is 7.11 Å². The molecule has 160 valence electrons. The standard InChI is InChI=1S/C21H19Cl2N5O3/c1-11-19(12(2)29)20(28-21(24-11)25-26-27-28)13-7-8-17(18(9-13)30-3)31-10-14-15(22)5-4-6-16(14)23/h4-9,20H,10H2,1-3H3,(H,24,25,27). The highest BCUT2D eigenvalue weighted by Crippen LogP contribution is 2.39. The molecule has 10 heteroatoms. The van der Waals surface area contributed by atoms with Gasteiger partial charge in [-0.1, -0.05) is 40.4 Å². The molecular weight excluding hydrogens is 441 g/mol. The maximum atomic E-state index is 12.4. The number of halogens is 2. The van der Waals surface area contributed by atoms with Gasteiger partial charge in [-0.15, -0.1) is 0 Å². The second kappa shape index (κ2) is 8.56. The smallest absolute Gasteiger partial charge is 0.248 e. The van der Waals surface area contributed by atoms with E-state index < -0.39 is 6.04 Å². The highest BCUT2D eigenvalue weighted by molar-refractivity contribution is 6.35. The summed E-state index contributed by atoms with van der Waals surface area (Å²) in [5.41, 5.74) is 2.73. The molecule has 1 unspecified atom stereocenters. The van der Waals surface area contributed by atoms with Crippen LogP contribution in [0.1, 0.15) is 31.0 Å². The number of ketones is 1. The Hall–Kier alpha value is -3.10. The summed E-state index contributed by atoms with van der Waals surface area (Å²) in [6, 6.07) is 10.2. The lowest BCUT2D eigenvalue weighted by atomic mass is 9.93. The van der Waals surface area contributed by atoms with E-state index in [-0.39, 0.29) is 12.4 Å². The number of fused-ring (bicyclic) bond motifs is 1. The first kappa shape index (κ1) is 21.1. The van der Waals surface area contributed by atoms with E-state index in [9.17, 15) is 4.79 Å². The van der Waals surface area contributed by atoms with Crippen LogP contribution < -0.4 is 14.8 Å². The summed E-state index contributed by atoms with van der Waals surface area (Å²) < 4.78 is 13.1. The summed E-state index contributed by atoms with van der Waals surface area (Å²) in [6.45, 7) is 3.52. The Kier molecular flexibility index (Phi) is 5.84. The zero-order valence-corrected chi connectivity index (χ0v) is 18.5. The topological polar surface area (TPSA) is 91.2 Å². The summed E-state index contributed by atoms with van der Waals surface area (Å²) in [5.74, 6) is 1.39. The Labute approximate surface area is 188 Å². The van der Waals surface area contributed by atoms with Crippen molar-refractivity contribution in [2.24, 2.45) is 0 Å². The van der Waals surface area contributed by atoms with E-state index in [0.29, 0.717) is 44.3 Å². The number of nitrogens with one attached hydrogen (secondary N) is 1. The van der Waals surface area contributed by atoms with Gasteiger partial charge in [0.15, 0.2) is 17.3 Å². The summed E-state index contributed by atoms with van der Waals surface area (Å²) in [6.07, 6.45) is 0. The molecule has 0 amide bonds. The molecule has 1 aliphatic heterocycles. The van der Waals surface area contributed by atoms with Gasteiger partial charge < -0.3 is 14.8 Å². The first-order chi connectivity index (χ1) is 14.9. The second-order valence-corrected chi connectivity index (χ2v) is 7.78. The molecule has 3 aromatic rings. The highest BCUT2D eigenvalue weighted by atomic mass is 35.5. The van der Waals surface area contributed by atoms with Crippen LogP contribution in [0.25, 0.3) is 0 Å². The lowest BCUT2D eigenvalue weighted by Crippen LogP contribution is -2.27. The van der Waals surface area contributed by atoms with Crippen LogP contribution >= 0.6 is 23.2 Å². The summed E-state index contributed by atoms with van der Waals surface area (Å²) >= 11 is 12.5. The number of Topliss-reactive ketones (excluding diaryl/α,β-unsaturated/α-hetero) is 1. The van der Waals surface area contributed by atoms with Crippen LogP contribution in [0.15, 0.2) is 47.7 Å². The van der Waals surface area contributed by atoms with Crippen LogP contribution in [0.4, 0.5) is 5.95 Å². The minimum Gasteiger partial charge on any atom is -0.493 e. The third-order valence-electron chi connectivity index (χ3n) is 5.03. The van der Waals surface area contributed by atoms with Gasteiger partial charge in [-0.05, 0) is 54.1 Å². The molecular formula is C21H19Cl2N5O3. The first-order valence-electron chi connectivity index (χ1n) is 9.41. The van der Waals surface area contributed by atoms with Gasteiger partial charge in [0.2, 0.25) is 5.95 Å². The van der Waals surface area contributed by atoms with Crippen LogP contribution in [0, 0.1) is 0 Å². The van der Waals surface area contributed by atoms with Gasteiger partial charge in [0.1, 0.15) is 12.6 Å². The molecule has 1 N–H and O–H groups in total. The number of aromatic nitrogens is 4. The van der Waals surface area contributed by atoms with Gasteiger partial charge in [-0.2, -0.15) is 4.68 Å². The molecule has 0 saturated carbocycles. The van der Waals surface area contributed by atoms with Gasteiger partial charge in [-0.25, -0.2) is 0 Å². The number of allylic oxidation sites excluding steroid dienone is 2. The van der Waals surface area contributed by atoms with E-state index in [0.717, 1.165) is 5.56 Å². The molecule has 2 heterocycles. The predicted molar refractivity (Wildman–Crippen MR) is 117 cm³/mol. The first-order valence-corrected chi connectivity index (χ1v) is 10.2. The van der Waals surface area contributed by atoms with Crippen molar-refractivity contribution in [1.82, 2.24) is 20.2 Å². The number of rotatable bonds is 6. The van der Waals surface area contributed by atoms with Crippen molar-refractivity contribution in [3.63, 3.8) is 0 Å². The third-order valence-corrected chi connectivity index (χ3v) is 5.74. The molecule has 1 aliphatic rings. The van der Waals surface area contributed by atoms with Gasteiger partial charge in [-0.3, -0.25) is 4.79 Å². The number of ether oxygens (including phenoxy) is 2. The molecule has 8 nitrogen and oxygen atoms in total. The lowest BCUT2D eigenvalue weighted by Gasteiger charge is -2.27. The highest BCUT2D eigenvalue weighted by Gasteiger charge is 2.32. The van der Waals surface area contributed by atoms with Gasteiger partial charge >= 0.3 is 0 Å². The monoisotopic (exact) mass is 459 g/mol. The predicted octanol–water partition coefficient (Wildman–Crippen LogP) is 4.45. The average Bonchev–Trinajstić information content (AvgIpc) is 3.20. The number of tetrazole rings is 1. The van der Waals surface area contributed by atoms with E-state index in [1.54, 1.807) is 42.1 Å². The van der Waals surface area contributed by atoms with Gasteiger partial charge in [0.25, 0.3) is 0 Å². The largest absolute Gasteiger partial charge is 0.493 e. The number of anilines is 1. The van der Waals surface area contributed by atoms with Gasteiger partial charge in [0, 0.05) is 26.9 Å². The number of hydrogen-bond acceptors (Lipinski definition) is 7. The molecule has 0 saturated heterocycles. The van der Waals surface area contributed by atoms with Crippen molar-refractivity contribution in [3.05, 3.63) is 68.8 Å². The fourth-order valence-corrected chi connectivity index (χ4v) is 4.08. The quantitative estimate of drug-likeness (QED) is 0.581. The van der Waals surface area contributed by atoms with Crippen LogP contribution in [0.2, 0.25) is 10.0 Å². The van der Waals surface area contributed by atoms with Crippen LogP contribution in [-0.2, 0) is 11.4 Å². The minimum atomic E-state index is -0.496. The summed E-state index contributed by atoms with van der Waals surface area (Å²) in [4.78, 5) is 12.4. The average molecular weight is 460 g/mol. The van der Waals surface area contributed by atoms with Crippen molar-refractivity contribution in [3.8, 4) is 11.5 Å². The Bertz CT molecular complexity index is 1170. The Morgan fingerprint density at radius 1 is 1.19 bits per heavy atom. The van der Waals surface area contributed by atoms with E-state index in [1.165, 1.54) is 6.92 Å². The number of hydrogen-bond donors (Lipinski definition) is 1. The van der Waals surface area contributed by atoms with Crippen molar-refractivity contribution in [2.75, 3.05) is 12.4 Å². The molecule has 0 radical (unpaired) electrons. The zero-order chi connectivity index (χ0) is 22.1. The minimum absolute atomic E-state index is 0.0798. The Morgan fingerprint density at radius 2 is 1.94 bits per heavy atom. The maximum absolute atomic E-state index is 12.4. The molecule has 31 heavy (non-hydrogen) atoms. The molecule has 0 spiro atoms. The van der Waals surface area contributed by atoms with E-state index >= 15 is 0 Å². The molecule has 4 rings (SSSR count). The van der Waals surface area contributed by atoms with E-state index in [2.05, 4.69) is 20.8 Å². The number of methoxy groups -OCH3 is 1. The summed E-state index contributed by atoms with van der Waals surface area (Å²) in [5, 5.41) is 15.9. The molecule has 2 aromatic carbocycles. The van der Waals surface area contributed by atoms with Crippen LogP contribution in [0.5, 0.6) is 11.5 Å². The van der Waals surface area contributed by atoms with E-state index in [1.807, 2.05) is 13.0 Å². The molecule has 1 atom stereocenters. The number of carbonyl (C=O) groups excluding carboxylic acids is 1. The zero-order valence-electron chi connectivity index (χ0n) is 17.0. The molecule has 1 aromatic heterocycles. The van der Waals surface area contributed by atoms with Crippen molar-refractivity contribution in [1.29, 1.82) is 0 Å². The number of nitrogens with zero attached hydrogens (tertiary/aromatic N) is 4. The Balaban J connectivity index is 1.69. The Morgan fingerprint density at radius 3 is 2.61 bits per heavy atom. The normalized spacial score (nSPS) is 15.3. The molecule has 0 fully saturated rings. The maximum Gasteiger partial charge on any atom is 0.248 e. The second-order valence-electron chi connectivity index (χ2n) is 6.97. The number of carbonyl (C=O) groups is 1. The van der Waals surface area contributed by atoms with Crippen LogP contribution in [-0.4, -0.2) is 33.1 Å². The van der Waals surface area contributed by atoms with Crippen LogP contribution in [0.3, 0.4) is 0 Å². The number of benzene rings is 2. The van der Waals surface area contributed by atoms with E-state index in [4.69, 9.17) is 32.7 Å². The lowest BCUT2D eigenvalue weighted by molar-refractivity contribution is -0.114. The van der Waals surface area contributed by atoms with Crippen molar-refractivity contribution < 1.29 is 14.3 Å². The molecule has 0 aliphatic carbocycles. The third kappa shape index (κ3) is 3.96. The SMILES string of the molecule is COc1cc(C2C(C(C)=O)=C(C)Nc3nnnn32)ccc1OCc1c(Cl)cccc1Cl. The summed E-state index contributed by atoms with van der Waals surface area (Å²) in [7, 11) is 1.55.